The van der Waals surface area contributed by atoms with E-state index >= 15 is 0 Å². The summed E-state index contributed by atoms with van der Waals surface area (Å²) < 4.78 is 32.6. The molecule has 6 nitrogen and oxygen atoms in total. The molecule has 7 heteroatoms. The third kappa shape index (κ3) is 4.42. The predicted molar refractivity (Wildman–Crippen MR) is 110 cm³/mol. The molecule has 3 aromatic carbocycles. The van der Waals surface area contributed by atoms with Crippen LogP contribution < -0.4 is 4.72 Å². The van der Waals surface area contributed by atoms with Gasteiger partial charge >= 0.3 is 0 Å². The van der Waals surface area contributed by atoms with E-state index in [1.807, 2.05) is 55.5 Å². The van der Waals surface area contributed by atoms with Crippen LogP contribution in [0.3, 0.4) is 0 Å². The van der Waals surface area contributed by atoms with E-state index < -0.39 is 10.0 Å². The third-order valence-electron chi connectivity index (χ3n) is 4.46. The van der Waals surface area contributed by atoms with Crippen molar-refractivity contribution in [3.8, 4) is 22.8 Å². The fourth-order valence-corrected chi connectivity index (χ4v) is 3.83. The number of hydrogen-bond acceptors (Lipinski definition) is 5. The molecule has 0 spiro atoms. The van der Waals surface area contributed by atoms with E-state index in [2.05, 4.69) is 14.9 Å². The minimum absolute atomic E-state index is 0.190. The highest BCUT2D eigenvalue weighted by Gasteiger charge is 2.14. The van der Waals surface area contributed by atoms with Crippen molar-refractivity contribution in [1.29, 1.82) is 0 Å². The Morgan fingerprint density at radius 3 is 2.21 bits per heavy atom. The van der Waals surface area contributed by atoms with Crippen LogP contribution in [0, 0.1) is 6.92 Å². The van der Waals surface area contributed by atoms with Gasteiger partial charge in [-0.3, -0.25) is 0 Å². The fourth-order valence-electron chi connectivity index (χ4n) is 2.79. The summed E-state index contributed by atoms with van der Waals surface area (Å²) in [6.45, 7) is 2.21. The van der Waals surface area contributed by atoms with Crippen molar-refractivity contribution in [2.45, 2.75) is 18.4 Å². The number of benzene rings is 3. The van der Waals surface area contributed by atoms with Crippen LogP contribution in [0.5, 0.6) is 0 Å². The van der Waals surface area contributed by atoms with Gasteiger partial charge in [0.15, 0.2) is 0 Å². The lowest BCUT2D eigenvalue weighted by molar-refractivity contribution is 0.432. The first kappa shape index (κ1) is 19.0. The molecule has 4 rings (SSSR count). The van der Waals surface area contributed by atoms with Crippen molar-refractivity contribution < 1.29 is 12.9 Å². The molecule has 0 aliphatic carbocycles. The molecule has 0 aliphatic rings. The molecule has 146 valence electrons. The van der Waals surface area contributed by atoms with Crippen molar-refractivity contribution in [3.05, 3.63) is 90.0 Å². The van der Waals surface area contributed by atoms with Crippen LogP contribution in [0.15, 0.2) is 88.3 Å². The van der Waals surface area contributed by atoms with Gasteiger partial charge in [0.05, 0.1) is 4.90 Å². The maximum atomic E-state index is 12.3. The largest absolute Gasteiger partial charge is 0.334 e. The van der Waals surface area contributed by atoms with Gasteiger partial charge < -0.3 is 4.52 Å². The maximum absolute atomic E-state index is 12.3. The van der Waals surface area contributed by atoms with Crippen LogP contribution in [0.4, 0.5) is 0 Å². The highest BCUT2D eigenvalue weighted by atomic mass is 32.2. The molecule has 29 heavy (non-hydrogen) atoms. The molecule has 0 saturated heterocycles. The van der Waals surface area contributed by atoms with Crippen LogP contribution in [-0.4, -0.2) is 18.6 Å². The molecule has 0 radical (unpaired) electrons. The van der Waals surface area contributed by atoms with Gasteiger partial charge in [0, 0.05) is 17.7 Å². The number of sulfonamides is 1. The molecule has 0 fully saturated rings. The van der Waals surface area contributed by atoms with E-state index in [4.69, 9.17) is 4.52 Å². The summed E-state index contributed by atoms with van der Waals surface area (Å²) in [7, 11) is -3.54. The Morgan fingerprint density at radius 2 is 1.52 bits per heavy atom. The smallest absolute Gasteiger partial charge is 0.258 e. The molecule has 1 heterocycles. The monoisotopic (exact) mass is 405 g/mol. The quantitative estimate of drug-likeness (QED) is 0.520. The number of aromatic nitrogens is 2. The minimum Gasteiger partial charge on any atom is -0.334 e. The first-order valence-corrected chi connectivity index (χ1v) is 10.5. The zero-order valence-electron chi connectivity index (χ0n) is 15.7. The predicted octanol–water partition coefficient (Wildman–Crippen LogP) is 4.19. The molecule has 0 saturated carbocycles. The van der Waals surface area contributed by atoms with Gasteiger partial charge in [0.25, 0.3) is 5.89 Å². The first-order chi connectivity index (χ1) is 14.0. The van der Waals surface area contributed by atoms with Crippen LogP contribution in [0.2, 0.25) is 0 Å². The van der Waals surface area contributed by atoms with Crippen molar-refractivity contribution >= 4 is 10.0 Å². The van der Waals surface area contributed by atoms with E-state index in [1.54, 1.807) is 30.3 Å². The van der Waals surface area contributed by atoms with E-state index in [0.29, 0.717) is 11.7 Å². The Bertz CT molecular complexity index is 1200. The highest BCUT2D eigenvalue weighted by Crippen LogP contribution is 2.23. The Kier molecular flexibility index (Phi) is 5.24. The lowest BCUT2D eigenvalue weighted by Crippen LogP contribution is -2.23. The molecule has 1 aromatic heterocycles. The van der Waals surface area contributed by atoms with E-state index in [0.717, 1.165) is 22.3 Å². The molecule has 0 aliphatic heterocycles. The van der Waals surface area contributed by atoms with Crippen LogP contribution in [0.1, 0.15) is 11.1 Å². The van der Waals surface area contributed by atoms with E-state index in [-0.39, 0.29) is 11.4 Å². The zero-order chi connectivity index (χ0) is 20.3. The van der Waals surface area contributed by atoms with Crippen molar-refractivity contribution in [3.63, 3.8) is 0 Å². The number of rotatable bonds is 6. The van der Waals surface area contributed by atoms with Gasteiger partial charge in [-0.15, -0.1) is 0 Å². The standard InChI is InChI=1S/C22H19N3O3S/c1-16-7-11-18(12-8-16)21-24-22(28-25-21)19-13-9-17(10-14-19)15-23-29(26,27)20-5-3-2-4-6-20/h2-14,23H,15H2,1H3. The van der Waals surface area contributed by atoms with Gasteiger partial charge in [-0.2, -0.15) is 4.98 Å². The average molecular weight is 405 g/mol. The number of aryl methyl sites for hydroxylation is 1. The van der Waals surface area contributed by atoms with E-state index in [9.17, 15) is 8.42 Å². The van der Waals surface area contributed by atoms with Crippen molar-refractivity contribution in [1.82, 2.24) is 14.9 Å². The summed E-state index contributed by atoms with van der Waals surface area (Å²) in [5.74, 6) is 0.941. The second-order valence-electron chi connectivity index (χ2n) is 6.62. The van der Waals surface area contributed by atoms with Gasteiger partial charge in [0.2, 0.25) is 15.8 Å². The summed E-state index contributed by atoms with van der Waals surface area (Å²) in [6.07, 6.45) is 0. The lowest BCUT2D eigenvalue weighted by atomic mass is 10.1. The third-order valence-corrected chi connectivity index (χ3v) is 5.87. The van der Waals surface area contributed by atoms with Gasteiger partial charge in [-0.1, -0.05) is 65.3 Å². The topological polar surface area (TPSA) is 85.1 Å². The molecule has 0 bridgehead atoms. The van der Waals surface area contributed by atoms with Crippen LogP contribution in [0.25, 0.3) is 22.8 Å². The Morgan fingerprint density at radius 1 is 0.862 bits per heavy atom. The number of nitrogens with zero attached hydrogens (tertiary/aromatic N) is 2. The average Bonchev–Trinajstić information content (AvgIpc) is 3.24. The molecular weight excluding hydrogens is 386 g/mol. The first-order valence-electron chi connectivity index (χ1n) is 9.06. The van der Waals surface area contributed by atoms with E-state index in [1.165, 1.54) is 0 Å². The second kappa shape index (κ2) is 7.98. The summed E-state index contributed by atoms with van der Waals surface area (Å²) in [6, 6.07) is 23.5. The van der Waals surface area contributed by atoms with Gasteiger partial charge in [0.1, 0.15) is 0 Å². The van der Waals surface area contributed by atoms with Crippen molar-refractivity contribution in [2.24, 2.45) is 0 Å². The second-order valence-corrected chi connectivity index (χ2v) is 8.39. The van der Waals surface area contributed by atoms with Gasteiger partial charge in [-0.25, -0.2) is 13.1 Å². The Hall–Kier alpha value is -3.29. The van der Waals surface area contributed by atoms with Gasteiger partial charge in [-0.05, 0) is 36.8 Å². The molecule has 4 aromatic rings. The highest BCUT2D eigenvalue weighted by molar-refractivity contribution is 7.89. The summed E-state index contributed by atoms with van der Waals surface area (Å²) in [5, 5.41) is 4.04. The Labute approximate surface area is 169 Å². The van der Waals surface area contributed by atoms with Crippen LogP contribution in [-0.2, 0) is 16.6 Å². The normalized spacial score (nSPS) is 11.5. The van der Waals surface area contributed by atoms with Crippen LogP contribution >= 0.6 is 0 Å². The molecule has 0 amide bonds. The lowest BCUT2D eigenvalue weighted by Gasteiger charge is -2.07. The zero-order valence-corrected chi connectivity index (χ0v) is 16.6. The Balaban J connectivity index is 1.45. The van der Waals surface area contributed by atoms with Crippen molar-refractivity contribution in [2.75, 3.05) is 0 Å². The molecule has 1 N–H and O–H groups in total. The molecule has 0 atom stereocenters. The minimum atomic E-state index is -3.54. The number of nitrogens with one attached hydrogen (secondary N) is 1. The molecular formula is C22H19N3O3S. The summed E-state index contributed by atoms with van der Waals surface area (Å²) >= 11 is 0. The summed E-state index contributed by atoms with van der Waals surface area (Å²) in [4.78, 5) is 4.69. The molecule has 0 unspecified atom stereocenters. The summed E-state index contributed by atoms with van der Waals surface area (Å²) in [5.41, 5.74) is 3.64. The fraction of sp³-hybridized carbons (Fsp3) is 0.0909. The number of hydrogen-bond donors (Lipinski definition) is 1. The SMILES string of the molecule is Cc1ccc(-c2noc(-c3ccc(CNS(=O)(=O)c4ccccc4)cc3)n2)cc1. The maximum Gasteiger partial charge on any atom is 0.258 e.